The van der Waals surface area contributed by atoms with Crippen molar-refractivity contribution in [2.45, 2.75) is 32.7 Å². The van der Waals surface area contributed by atoms with Gasteiger partial charge in [-0.05, 0) is 50.5 Å². The van der Waals surface area contributed by atoms with E-state index in [1.807, 2.05) is 42.6 Å². The molecule has 1 N–H and O–H groups in total. The molecule has 1 saturated heterocycles. The number of imidazole rings is 1. The molecule has 4 aromatic rings. The lowest BCUT2D eigenvalue weighted by Crippen LogP contribution is -2.29. The van der Waals surface area contributed by atoms with Crippen molar-refractivity contribution in [1.82, 2.24) is 14.5 Å². The number of aryl methyl sites for hydroxylation is 1. The third kappa shape index (κ3) is 3.10. The number of anilines is 1. The minimum atomic E-state index is -0.0151. The second kappa shape index (κ2) is 7.23. The van der Waals surface area contributed by atoms with Gasteiger partial charge in [0.15, 0.2) is 5.43 Å². The van der Waals surface area contributed by atoms with Crippen molar-refractivity contribution in [3.8, 4) is 11.4 Å². The zero-order valence-electron chi connectivity index (χ0n) is 16.4. The summed E-state index contributed by atoms with van der Waals surface area (Å²) in [5.41, 5.74) is 4.18. The van der Waals surface area contributed by atoms with Gasteiger partial charge in [0.1, 0.15) is 5.82 Å². The molecule has 29 heavy (non-hydrogen) atoms. The summed E-state index contributed by atoms with van der Waals surface area (Å²) in [4.78, 5) is 23.7. The van der Waals surface area contributed by atoms with Gasteiger partial charge in [-0.3, -0.25) is 4.79 Å². The lowest BCUT2D eigenvalue weighted by atomic mass is 10.1. The van der Waals surface area contributed by atoms with Crippen LogP contribution in [0.25, 0.3) is 33.3 Å². The fraction of sp³-hybridized carbons (Fsp3) is 0.304. The van der Waals surface area contributed by atoms with Crippen LogP contribution in [0.1, 0.15) is 26.2 Å². The van der Waals surface area contributed by atoms with Crippen LogP contribution in [0.4, 0.5) is 5.69 Å². The zero-order chi connectivity index (χ0) is 20.0. The number of nitrogens with zero attached hydrogens (tertiary/aromatic N) is 3. The molecule has 0 aliphatic carbocycles. The molecule has 5 nitrogen and oxygen atoms in total. The number of aromatic nitrogens is 3. The van der Waals surface area contributed by atoms with Gasteiger partial charge in [-0.2, -0.15) is 0 Å². The second-order valence-corrected chi connectivity index (χ2v) is 8.04. The van der Waals surface area contributed by atoms with E-state index in [1.165, 1.54) is 6.42 Å². The number of piperidine rings is 1. The van der Waals surface area contributed by atoms with Crippen LogP contribution in [-0.4, -0.2) is 27.6 Å². The number of halogens is 1. The van der Waals surface area contributed by atoms with Gasteiger partial charge >= 0.3 is 0 Å². The number of hydrogen-bond donors (Lipinski definition) is 1. The van der Waals surface area contributed by atoms with E-state index in [-0.39, 0.29) is 5.43 Å². The molecule has 0 saturated carbocycles. The van der Waals surface area contributed by atoms with Crippen molar-refractivity contribution in [2.24, 2.45) is 0 Å². The Morgan fingerprint density at radius 3 is 2.69 bits per heavy atom. The van der Waals surface area contributed by atoms with Gasteiger partial charge in [-0.25, -0.2) is 4.98 Å². The summed E-state index contributed by atoms with van der Waals surface area (Å²) in [5.74, 6) is 0.606. The molecule has 1 aliphatic heterocycles. The molecule has 2 aromatic carbocycles. The minimum Gasteiger partial charge on any atom is -0.370 e. The normalized spacial score (nSPS) is 14.8. The molecule has 0 bridgehead atoms. The fourth-order valence-corrected chi connectivity index (χ4v) is 4.57. The van der Waals surface area contributed by atoms with Gasteiger partial charge in [-0.1, -0.05) is 23.7 Å². The smallest absolute Gasteiger partial charge is 0.200 e. The fourth-order valence-electron chi connectivity index (χ4n) is 4.29. The molecule has 5 rings (SSSR count). The second-order valence-electron chi connectivity index (χ2n) is 7.63. The number of rotatable bonds is 3. The highest BCUT2D eigenvalue weighted by atomic mass is 35.5. The topological polar surface area (TPSA) is 53.9 Å². The number of fused-ring (bicyclic) bond motifs is 2. The summed E-state index contributed by atoms with van der Waals surface area (Å²) in [7, 11) is 0. The molecule has 0 atom stereocenters. The van der Waals surface area contributed by atoms with Crippen LogP contribution in [-0.2, 0) is 6.54 Å². The Labute approximate surface area is 173 Å². The number of nitrogens with one attached hydrogen (secondary N) is 1. The Hall–Kier alpha value is -2.79. The number of pyridine rings is 1. The Bertz CT molecular complexity index is 1230. The average Bonchev–Trinajstić information content (AvgIpc) is 3.18. The molecule has 1 aliphatic rings. The predicted molar refractivity (Wildman–Crippen MR) is 120 cm³/mol. The third-order valence-corrected chi connectivity index (χ3v) is 6.13. The van der Waals surface area contributed by atoms with Crippen LogP contribution in [0.5, 0.6) is 0 Å². The molecule has 0 unspecified atom stereocenters. The predicted octanol–water partition coefficient (Wildman–Crippen LogP) is 5.21. The number of hydrogen-bond acceptors (Lipinski definition) is 3. The minimum absolute atomic E-state index is 0.0151. The summed E-state index contributed by atoms with van der Waals surface area (Å²) in [6.45, 7) is 4.77. The molecule has 2 aromatic heterocycles. The van der Waals surface area contributed by atoms with Crippen LogP contribution >= 0.6 is 11.6 Å². The number of aromatic amines is 1. The van der Waals surface area contributed by atoms with Crippen molar-refractivity contribution in [3.63, 3.8) is 0 Å². The van der Waals surface area contributed by atoms with Crippen LogP contribution in [0.15, 0.2) is 47.4 Å². The van der Waals surface area contributed by atoms with Gasteiger partial charge in [0, 0.05) is 31.2 Å². The number of benzene rings is 2. The summed E-state index contributed by atoms with van der Waals surface area (Å²) >= 11 is 6.65. The van der Waals surface area contributed by atoms with Crippen LogP contribution in [0.2, 0.25) is 5.02 Å². The van der Waals surface area contributed by atoms with E-state index in [0.717, 1.165) is 54.7 Å². The molecule has 0 amide bonds. The molecule has 148 valence electrons. The first-order valence-electron chi connectivity index (χ1n) is 10.2. The molecule has 0 spiro atoms. The summed E-state index contributed by atoms with van der Waals surface area (Å²) in [6, 6.07) is 11.7. The Kier molecular flexibility index (Phi) is 4.55. The van der Waals surface area contributed by atoms with Gasteiger partial charge < -0.3 is 14.5 Å². The summed E-state index contributed by atoms with van der Waals surface area (Å²) in [5, 5.41) is 1.40. The van der Waals surface area contributed by atoms with Crippen molar-refractivity contribution < 1.29 is 0 Å². The van der Waals surface area contributed by atoms with Crippen molar-refractivity contribution in [3.05, 3.63) is 57.8 Å². The van der Waals surface area contributed by atoms with Gasteiger partial charge in [0.05, 0.1) is 32.8 Å². The Morgan fingerprint density at radius 2 is 1.93 bits per heavy atom. The van der Waals surface area contributed by atoms with E-state index in [0.29, 0.717) is 21.8 Å². The molecule has 1 fully saturated rings. The first-order chi connectivity index (χ1) is 14.2. The maximum absolute atomic E-state index is 13.5. The van der Waals surface area contributed by atoms with Gasteiger partial charge in [0.2, 0.25) is 0 Å². The molecule has 6 heteroatoms. The molecule has 3 heterocycles. The quantitative estimate of drug-likeness (QED) is 0.508. The third-order valence-electron chi connectivity index (χ3n) is 5.83. The standard InChI is InChI=1S/C23H23ClN4O/c1-2-27-14-16(23-25-18-8-4-5-9-19(18)26-23)22(29)15-12-21(17(24)13-20(15)27)28-10-6-3-7-11-28/h4-5,8-9,12-14H,2-3,6-7,10-11H2,1H3,(H,25,26). The maximum Gasteiger partial charge on any atom is 0.200 e. The van der Waals surface area contributed by atoms with E-state index >= 15 is 0 Å². The summed E-state index contributed by atoms with van der Waals surface area (Å²) < 4.78 is 2.07. The van der Waals surface area contributed by atoms with E-state index in [2.05, 4.69) is 26.4 Å². The van der Waals surface area contributed by atoms with Gasteiger partial charge in [-0.15, -0.1) is 0 Å². The van der Waals surface area contributed by atoms with Crippen LogP contribution < -0.4 is 10.3 Å². The summed E-state index contributed by atoms with van der Waals surface area (Å²) in [6.07, 6.45) is 5.46. The van der Waals surface area contributed by atoms with Crippen LogP contribution in [0.3, 0.4) is 0 Å². The first-order valence-corrected chi connectivity index (χ1v) is 10.6. The largest absolute Gasteiger partial charge is 0.370 e. The molecular formula is C23H23ClN4O. The lowest BCUT2D eigenvalue weighted by Gasteiger charge is -2.30. The van der Waals surface area contributed by atoms with E-state index in [4.69, 9.17) is 11.6 Å². The van der Waals surface area contributed by atoms with Crippen molar-refractivity contribution in [1.29, 1.82) is 0 Å². The monoisotopic (exact) mass is 406 g/mol. The van der Waals surface area contributed by atoms with E-state index < -0.39 is 0 Å². The van der Waals surface area contributed by atoms with Crippen molar-refractivity contribution in [2.75, 3.05) is 18.0 Å². The number of H-pyrrole nitrogens is 1. The highest BCUT2D eigenvalue weighted by Gasteiger charge is 2.19. The zero-order valence-corrected chi connectivity index (χ0v) is 17.2. The molecular weight excluding hydrogens is 384 g/mol. The van der Waals surface area contributed by atoms with E-state index in [9.17, 15) is 4.79 Å². The average molecular weight is 407 g/mol. The highest BCUT2D eigenvalue weighted by Crippen LogP contribution is 2.33. The Morgan fingerprint density at radius 1 is 1.14 bits per heavy atom. The number of para-hydroxylation sites is 2. The molecule has 0 radical (unpaired) electrons. The van der Waals surface area contributed by atoms with Gasteiger partial charge in [0.25, 0.3) is 0 Å². The SMILES string of the molecule is CCn1cc(-c2nc3ccccc3[nH]2)c(=O)c2cc(N3CCCCC3)c(Cl)cc21. The lowest BCUT2D eigenvalue weighted by molar-refractivity contribution is 0.578. The van der Waals surface area contributed by atoms with Crippen LogP contribution in [0, 0.1) is 0 Å². The highest BCUT2D eigenvalue weighted by molar-refractivity contribution is 6.34. The Balaban J connectivity index is 1.74. The van der Waals surface area contributed by atoms with Crippen molar-refractivity contribution >= 4 is 39.2 Å². The first kappa shape index (κ1) is 18.3. The maximum atomic E-state index is 13.5. The van der Waals surface area contributed by atoms with E-state index in [1.54, 1.807) is 0 Å².